The Balaban J connectivity index is 0.000000176. The number of nitrogens with zero attached hydrogens (tertiary/aromatic N) is 5. The number of nitrogens with two attached hydrogens (primary N) is 1. The molecule has 6 heterocycles. The molecule has 2 aromatic heterocycles. The normalized spacial score (nSPS) is 23.3. The third-order valence-corrected chi connectivity index (χ3v) is 18.7. The SMILES string of the molecule is NC(=O)N1CCC(CC(=O)N2CCC(C3(O)c4ncc(Br)cc4CCc4cc(Cl)cc(Br)c43)CC2)CC1.O=C(CC1CCNCC1)N1CCC(C2(O)c3ncc(Br)cc3CCc3cc(Cl)cc(Br)c32)CC1. The predicted molar refractivity (Wildman–Crippen MR) is 290 cm³/mol. The van der Waals surface area contributed by atoms with Gasteiger partial charge >= 0.3 is 6.03 Å². The van der Waals surface area contributed by atoms with Gasteiger partial charge in [0.1, 0.15) is 11.2 Å². The first-order chi connectivity index (χ1) is 34.0. The molecular weight excluding hydrogens is 1210 g/mol. The van der Waals surface area contributed by atoms with E-state index in [1.165, 1.54) is 0 Å². The molecule has 2 aromatic carbocycles. The number of aliphatic hydroxyl groups is 2. The van der Waals surface area contributed by atoms with Crippen LogP contribution in [0.5, 0.6) is 0 Å². The van der Waals surface area contributed by atoms with Gasteiger partial charge in [0.2, 0.25) is 11.8 Å². The average molecular weight is 1270 g/mol. The van der Waals surface area contributed by atoms with E-state index >= 15 is 0 Å². The topological polar surface area (TPSA) is 165 Å². The van der Waals surface area contributed by atoms with E-state index in [1.807, 2.05) is 34.1 Å². The lowest BCUT2D eigenvalue weighted by atomic mass is 9.72. The van der Waals surface area contributed by atoms with Crippen molar-refractivity contribution in [2.45, 2.75) is 101 Å². The number of benzene rings is 2. The smallest absolute Gasteiger partial charge is 0.314 e. The van der Waals surface area contributed by atoms with E-state index in [9.17, 15) is 24.6 Å². The van der Waals surface area contributed by atoms with E-state index in [1.54, 1.807) is 17.3 Å². The van der Waals surface area contributed by atoms with Crippen LogP contribution in [0.15, 0.2) is 66.7 Å². The zero-order valence-corrected chi connectivity index (χ0v) is 47.5. The molecule has 4 saturated heterocycles. The van der Waals surface area contributed by atoms with E-state index in [0.29, 0.717) is 86.6 Å². The Kier molecular flexibility index (Phi) is 17.0. The van der Waals surface area contributed by atoms with Crippen LogP contribution in [0.1, 0.15) is 109 Å². The van der Waals surface area contributed by atoms with Gasteiger partial charge in [-0.25, -0.2) is 4.79 Å². The van der Waals surface area contributed by atoms with E-state index < -0.39 is 11.2 Å². The summed E-state index contributed by atoms with van der Waals surface area (Å²) in [7, 11) is 0. The van der Waals surface area contributed by atoms with Crippen LogP contribution >= 0.6 is 86.9 Å². The van der Waals surface area contributed by atoms with Crippen LogP contribution in [-0.4, -0.2) is 105 Å². The number of aromatic nitrogens is 2. The van der Waals surface area contributed by atoms with Gasteiger partial charge in [0.25, 0.3) is 0 Å². The zero-order chi connectivity index (χ0) is 50.2. The lowest BCUT2D eigenvalue weighted by Gasteiger charge is -2.43. The number of primary amides is 1. The number of likely N-dealkylation sites (tertiary alicyclic amines) is 3. The molecule has 2 atom stereocenters. The van der Waals surface area contributed by atoms with Crippen LogP contribution in [0.3, 0.4) is 0 Å². The fraction of sp³-hybridized carbons (Fsp3) is 0.528. The molecule has 2 unspecified atom stereocenters. The number of amides is 4. The number of piperidine rings is 4. The van der Waals surface area contributed by atoms with Gasteiger partial charge in [-0.2, -0.15) is 0 Å². The van der Waals surface area contributed by atoms with Gasteiger partial charge in [-0.15, -0.1) is 0 Å². The monoisotopic (exact) mass is 1260 g/mol. The lowest BCUT2D eigenvalue weighted by Crippen LogP contribution is -2.47. The first-order valence-corrected chi connectivity index (χ1v) is 29.0. The molecule has 0 saturated carbocycles. The molecule has 2 aliphatic carbocycles. The maximum Gasteiger partial charge on any atom is 0.314 e. The van der Waals surface area contributed by atoms with Crippen molar-refractivity contribution in [1.29, 1.82) is 0 Å². The zero-order valence-electron chi connectivity index (χ0n) is 39.7. The molecule has 4 aromatic rings. The van der Waals surface area contributed by atoms with Gasteiger partial charge in [-0.1, -0.05) is 55.1 Å². The van der Waals surface area contributed by atoms with Crippen molar-refractivity contribution < 1.29 is 24.6 Å². The van der Waals surface area contributed by atoms with Crippen molar-refractivity contribution in [2.75, 3.05) is 52.4 Å². The maximum absolute atomic E-state index is 13.1. The molecule has 71 heavy (non-hydrogen) atoms. The second-order valence-corrected chi connectivity index (χ2v) is 24.8. The van der Waals surface area contributed by atoms with Crippen molar-refractivity contribution in [3.8, 4) is 0 Å². The quantitative estimate of drug-likeness (QED) is 0.148. The molecule has 12 nitrogen and oxygen atoms in total. The molecule has 10 rings (SSSR count). The number of rotatable bonds is 6. The summed E-state index contributed by atoms with van der Waals surface area (Å²) in [4.78, 5) is 52.6. The Morgan fingerprint density at radius 3 is 1.37 bits per heavy atom. The average Bonchev–Trinajstić information content (AvgIpc) is 3.55. The third-order valence-electron chi connectivity index (χ3n) is 16.1. The highest BCUT2D eigenvalue weighted by Gasteiger charge is 2.50. The molecule has 5 N–H and O–H groups in total. The van der Waals surface area contributed by atoms with E-state index in [4.69, 9.17) is 38.9 Å². The molecule has 0 spiro atoms. The second-order valence-electron chi connectivity index (χ2n) is 20.4. The predicted octanol–water partition coefficient (Wildman–Crippen LogP) is 10.2. The molecular formula is C53H61Br4Cl2N7O5. The Bertz CT molecular complexity index is 2650. The van der Waals surface area contributed by atoms with Crippen molar-refractivity contribution in [3.63, 3.8) is 0 Å². The number of nitrogens with one attached hydrogen (secondary N) is 1. The number of carbonyl (C=O) groups is 3. The Morgan fingerprint density at radius 2 is 0.958 bits per heavy atom. The number of urea groups is 1. The van der Waals surface area contributed by atoms with Crippen LogP contribution in [0.25, 0.3) is 0 Å². The van der Waals surface area contributed by atoms with Crippen LogP contribution in [0.2, 0.25) is 10.0 Å². The number of hydrogen-bond acceptors (Lipinski definition) is 8. The van der Waals surface area contributed by atoms with Crippen LogP contribution in [0, 0.1) is 23.7 Å². The summed E-state index contributed by atoms with van der Waals surface area (Å²) >= 11 is 27.3. The molecule has 6 aliphatic rings. The van der Waals surface area contributed by atoms with Crippen molar-refractivity contribution in [2.24, 2.45) is 29.4 Å². The Morgan fingerprint density at radius 1 is 0.577 bits per heavy atom. The summed E-state index contributed by atoms with van der Waals surface area (Å²) in [6.45, 7) is 5.78. The summed E-state index contributed by atoms with van der Waals surface area (Å²) in [5.41, 5.74) is 10.2. The summed E-state index contributed by atoms with van der Waals surface area (Å²) < 4.78 is 3.41. The van der Waals surface area contributed by atoms with Crippen molar-refractivity contribution in [1.82, 2.24) is 30.0 Å². The number of pyridine rings is 2. The highest BCUT2D eigenvalue weighted by atomic mass is 79.9. The third kappa shape index (κ3) is 11.3. The standard InChI is InChI=1S/C27H31Br2ClN4O3.C26H30Br2ClN3O2/c28-20-12-18-2-1-17-13-21(30)14-22(29)24(17)27(37,25(18)32-15-20)19-5-9-33(10-6-19)23(35)11-16-3-7-34(8-4-16)26(31)36;27-20-12-18-2-1-17-13-21(29)14-22(28)24(17)26(34,25(18)31-15-20)19-5-9-32(10-6-19)23(33)11-16-3-7-30-8-4-16/h12-16,19,37H,1-11H2,(H2,31,36);12-16,19,30,34H,1-11H2. The van der Waals surface area contributed by atoms with Crippen LogP contribution < -0.4 is 11.1 Å². The summed E-state index contributed by atoms with van der Waals surface area (Å²) in [6.07, 6.45) is 14.3. The Labute approximate surface area is 460 Å². The number of carbonyl (C=O) groups excluding carboxylic acids is 3. The Hall–Kier alpha value is -2.67. The lowest BCUT2D eigenvalue weighted by molar-refractivity contribution is -0.136. The van der Waals surface area contributed by atoms with Crippen LogP contribution in [-0.2, 0) is 46.5 Å². The minimum Gasteiger partial charge on any atom is -0.378 e. The molecule has 380 valence electrons. The van der Waals surface area contributed by atoms with E-state index in [-0.39, 0.29) is 35.6 Å². The highest BCUT2D eigenvalue weighted by Crippen LogP contribution is 2.51. The van der Waals surface area contributed by atoms with Crippen molar-refractivity contribution >= 4 is 105 Å². The molecule has 4 fully saturated rings. The number of halogens is 6. The van der Waals surface area contributed by atoms with Crippen molar-refractivity contribution in [3.05, 3.63) is 121 Å². The van der Waals surface area contributed by atoms with E-state index in [0.717, 1.165) is 134 Å². The van der Waals surface area contributed by atoms with Gasteiger partial charge in [-0.3, -0.25) is 19.6 Å². The van der Waals surface area contributed by atoms with Gasteiger partial charge < -0.3 is 36.0 Å². The molecule has 0 bridgehead atoms. The summed E-state index contributed by atoms with van der Waals surface area (Å²) in [6, 6.07) is 11.4. The molecule has 0 radical (unpaired) electrons. The molecule has 4 amide bonds. The number of aryl methyl sites for hydroxylation is 4. The van der Waals surface area contributed by atoms with Gasteiger partial charge in [0.15, 0.2) is 0 Å². The molecule has 4 aliphatic heterocycles. The van der Waals surface area contributed by atoms with E-state index in [2.05, 4.69) is 81.2 Å². The number of hydrogen-bond donors (Lipinski definition) is 4. The highest BCUT2D eigenvalue weighted by molar-refractivity contribution is 9.11. The largest absolute Gasteiger partial charge is 0.378 e. The van der Waals surface area contributed by atoms with Gasteiger partial charge in [-0.05, 0) is 192 Å². The summed E-state index contributed by atoms with van der Waals surface area (Å²) in [5, 5.41) is 29.8. The fourth-order valence-corrected chi connectivity index (χ4v) is 15.5. The minimum absolute atomic E-state index is 0.0443. The maximum atomic E-state index is 13.1. The number of fused-ring (bicyclic) bond motifs is 4. The van der Waals surface area contributed by atoms with Gasteiger partial charge in [0.05, 0.1) is 11.4 Å². The fourth-order valence-electron chi connectivity index (χ4n) is 12.4. The first-order valence-electron chi connectivity index (χ1n) is 25.0. The molecule has 18 heteroatoms. The van der Waals surface area contributed by atoms with Gasteiger partial charge in [0, 0.05) is 115 Å². The minimum atomic E-state index is -1.29. The van der Waals surface area contributed by atoms with Crippen LogP contribution in [0.4, 0.5) is 4.79 Å². The first kappa shape index (κ1) is 53.2. The summed E-state index contributed by atoms with van der Waals surface area (Å²) in [5.74, 6) is 1.02. The second kappa shape index (κ2) is 22.7.